The monoisotopic (exact) mass is 401 g/mol. The Labute approximate surface area is 180 Å². The summed E-state index contributed by atoms with van der Waals surface area (Å²) in [5.74, 6) is 6.33. The third-order valence-electron chi connectivity index (χ3n) is 11.0. The largest absolute Gasteiger partial charge is 0.151 e. The summed E-state index contributed by atoms with van der Waals surface area (Å²) in [6, 6.07) is 0.112. The summed E-state index contributed by atoms with van der Waals surface area (Å²) in [6.07, 6.45) is 16.4. The summed E-state index contributed by atoms with van der Waals surface area (Å²) < 4.78 is 0. The number of hydrogen-bond donors (Lipinski definition) is 0. The van der Waals surface area contributed by atoms with Crippen LogP contribution < -0.4 is 0 Å². The van der Waals surface area contributed by atoms with Crippen LogP contribution in [-0.4, -0.2) is 6.04 Å². The molecule has 4 fully saturated rings. The van der Waals surface area contributed by atoms with Crippen molar-refractivity contribution in [2.24, 2.45) is 57.4 Å². The molecule has 4 rings (SSSR count). The molecule has 0 N–H and O–H groups in total. The van der Waals surface area contributed by atoms with E-state index in [-0.39, 0.29) is 6.04 Å². The van der Waals surface area contributed by atoms with Crippen molar-refractivity contribution in [1.29, 1.82) is 0 Å². The van der Waals surface area contributed by atoms with Gasteiger partial charge in [-0.25, -0.2) is 0 Å². The summed E-state index contributed by atoms with van der Waals surface area (Å²) in [5.41, 5.74) is 1.09. The van der Waals surface area contributed by atoms with Gasteiger partial charge in [-0.05, 0) is 110 Å². The van der Waals surface area contributed by atoms with E-state index in [1.807, 2.05) is 0 Å². The van der Waals surface area contributed by atoms with E-state index in [9.17, 15) is 4.91 Å². The standard InChI is InChI=1S/C27H47NO/c1-18(2)7-6-8-19(3)23-11-12-24-22-10-9-20-17-21(28-29)13-15-26(20,4)25(22)14-16-27(23,24)5/h18-25H,6-17H2,1-5H3/t19-,20+,21?,22+,23-,24+,25+,26+,27-/m1/s1. The van der Waals surface area contributed by atoms with E-state index in [2.05, 4.69) is 39.8 Å². The third-order valence-corrected chi connectivity index (χ3v) is 11.0. The lowest BCUT2D eigenvalue weighted by Crippen LogP contribution is -2.54. The first-order chi connectivity index (χ1) is 13.8. The smallest absolute Gasteiger partial charge is 0.0922 e. The van der Waals surface area contributed by atoms with Gasteiger partial charge in [0.2, 0.25) is 0 Å². The van der Waals surface area contributed by atoms with E-state index in [0.29, 0.717) is 10.8 Å². The van der Waals surface area contributed by atoms with Gasteiger partial charge in [-0.3, -0.25) is 0 Å². The van der Waals surface area contributed by atoms with Gasteiger partial charge >= 0.3 is 0 Å². The molecule has 0 aromatic heterocycles. The number of rotatable bonds is 6. The second-order valence-electron chi connectivity index (χ2n) is 12.7. The van der Waals surface area contributed by atoms with Crippen molar-refractivity contribution in [1.82, 2.24) is 0 Å². The highest BCUT2D eigenvalue weighted by Crippen LogP contribution is 2.68. The Kier molecular flexibility index (Phi) is 6.22. The normalized spacial score (nSPS) is 47.9. The lowest BCUT2D eigenvalue weighted by molar-refractivity contribution is -0.116. The van der Waals surface area contributed by atoms with Crippen LogP contribution in [0.25, 0.3) is 0 Å². The minimum atomic E-state index is 0.112. The molecule has 1 unspecified atom stereocenters. The van der Waals surface area contributed by atoms with E-state index >= 15 is 0 Å². The molecular formula is C27H47NO. The molecule has 9 atom stereocenters. The van der Waals surface area contributed by atoms with Crippen LogP contribution in [0.5, 0.6) is 0 Å². The molecule has 0 amide bonds. The zero-order chi connectivity index (χ0) is 20.8. The van der Waals surface area contributed by atoms with Gasteiger partial charge in [0.15, 0.2) is 0 Å². The highest BCUT2D eigenvalue weighted by atomic mass is 16.3. The van der Waals surface area contributed by atoms with Gasteiger partial charge in [0, 0.05) is 0 Å². The van der Waals surface area contributed by atoms with Crippen LogP contribution in [0.2, 0.25) is 0 Å². The first-order valence-electron chi connectivity index (χ1n) is 13.1. The molecule has 4 saturated carbocycles. The predicted octanol–water partition coefficient (Wildman–Crippen LogP) is 8.24. The second kappa shape index (κ2) is 8.27. The van der Waals surface area contributed by atoms with Gasteiger partial charge in [-0.2, -0.15) is 4.91 Å². The van der Waals surface area contributed by atoms with Crippen LogP contribution in [0.1, 0.15) is 112 Å². The molecule has 0 aromatic carbocycles. The lowest BCUT2D eigenvalue weighted by Gasteiger charge is -2.61. The minimum absolute atomic E-state index is 0.112. The number of fused-ring (bicyclic) bond motifs is 5. The van der Waals surface area contributed by atoms with E-state index in [0.717, 1.165) is 54.3 Å². The molecule has 0 radical (unpaired) electrons. The van der Waals surface area contributed by atoms with Crippen LogP contribution in [0.15, 0.2) is 5.18 Å². The average Bonchev–Trinajstić information content (AvgIpc) is 3.04. The first kappa shape index (κ1) is 21.8. The fourth-order valence-corrected chi connectivity index (χ4v) is 9.36. The topological polar surface area (TPSA) is 29.4 Å². The SMILES string of the molecule is CC(C)CCC[C@@H](C)[C@H]1CC[C@H]2[C@@H]3CC[C@H]4CC(N=O)CC[C@]4(C)[C@H]3CC[C@]12C. The van der Waals surface area contributed by atoms with Crippen LogP contribution in [0.3, 0.4) is 0 Å². The summed E-state index contributed by atoms with van der Waals surface area (Å²) in [7, 11) is 0. The van der Waals surface area contributed by atoms with Crippen LogP contribution >= 0.6 is 0 Å². The molecule has 2 nitrogen and oxygen atoms in total. The van der Waals surface area contributed by atoms with Crippen molar-refractivity contribution in [3.8, 4) is 0 Å². The Hall–Kier alpha value is -0.400. The molecule has 0 spiro atoms. The van der Waals surface area contributed by atoms with Gasteiger partial charge in [0.05, 0.1) is 6.04 Å². The Morgan fingerprint density at radius 1 is 0.862 bits per heavy atom. The van der Waals surface area contributed by atoms with Crippen molar-refractivity contribution in [3.05, 3.63) is 4.91 Å². The fraction of sp³-hybridized carbons (Fsp3) is 1.00. The molecule has 29 heavy (non-hydrogen) atoms. The maximum Gasteiger partial charge on any atom is 0.0922 e. The second-order valence-corrected chi connectivity index (χ2v) is 12.7. The molecule has 2 heteroatoms. The quantitative estimate of drug-likeness (QED) is 0.412. The lowest BCUT2D eigenvalue weighted by atomic mass is 9.44. The first-order valence-corrected chi connectivity index (χ1v) is 13.1. The summed E-state index contributed by atoms with van der Waals surface area (Å²) in [5, 5.41) is 3.45. The van der Waals surface area contributed by atoms with Crippen LogP contribution in [0.4, 0.5) is 0 Å². The molecule has 4 aliphatic rings. The highest BCUT2D eigenvalue weighted by Gasteiger charge is 2.60. The molecule has 0 bridgehead atoms. The van der Waals surface area contributed by atoms with Gasteiger partial charge in [-0.15, -0.1) is 0 Å². The van der Waals surface area contributed by atoms with E-state index in [1.54, 1.807) is 0 Å². The van der Waals surface area contributed by atoms with E-state index in [4.69, 9.17) is 0 Å². The van der Waals surface area contributed by atoms with Crippen molar-refractivity contribution in [2.75, 3.05) is 0 Å². The zero-order valence-corrected chi connectivity index (χ0v) is 20.0. The van der Waals surface area contributed by atoms with Crippen LogP contribution in [-0.2, 0) is 0 Å². The van der Waals surface area contributed by atoms with E-state index < -0.39 is 0 Å². The molecule has 0 heterocycles. The Morgan fingerprint density at radius 3 is 2.31 bits per heavy atom. The van der Waals surface area contributed by atoms with Gasteiger partial charge < -0.3 is 0 Å². The predicted molar refractivity (Wildman–Crippen MR) is 123 cm³/mol. The van der Waals surface area contributed by atoms with Gasteiger partial charge in [0.1, 0.15) is 0 Å². The Bertz CT molecular complexity index is 587. The minimum Gasteiger partial charge on any atom is -0.151 e. The third kappa shape index (κ3) is 3.73. The average molecular weight is 402 g/mol. The van der Waals surface area contributed by atoms with Crippen molar-refractivity contribution in [3.63, 3.8) is 0 Å². The number of nitrogens with zero attached hydrogens (tertiary/aromatic N) is 1. The molecule has 0 aromatic rings. The maximum absolute atomic E-state index is 11.2. The van der Waals surface area contributed by atoms with Crippen molar-refractivity contribution < 1.29 is 0 Å². The zero-order valence-electron chi connectivity index (χ0n) is 20.0. The number of nitroso groups, excluding NO2 is 1. The Balaban J connectivity index is 1.46. The fourth-order valence-electron chi connectivity index (χ4n) is 9.36. The molecule has 0 aliphatic heterocycles. The van der Waals surface area contributed by atoms with Gasteiger partial charge in [-0.1, -0.05) is 59.1 Å². The molecular weight excluding hydrogens is 354 g/mol. The van der Waals surface area contributed by atoms with E-state index in [1.165, 1.54) is 64.2 Å². The summed E-state index contributed by atoms with van der Waals surface area (Å²) in [4.78, 5) is 11.2. The Morgan fingerprint density at radius 2 is 1.59 bits per heavy atom. The molecule has 4 aliphatic carbocycles. The van der Waals surface area contributed by atoms with Crippen LogP contribution in [0, 0.1) is 57.2 Å². The summed E-state index contributed by atoms with van der Waals surface area (Å²) >= 11 is 0. The number of hydrogen-bond acceptors (Lipinski definition) is 2. The maximum atomic E-state index is 11.2. The van der Waals surface area contributed by atoms with Crippen molar-refractivity contribution >= 4 is 0 Å². The van der Waals surface area contributed by atoms with Gasteiger partial charge in [0.25, 0.3) is 0 Å². The molecule has 0 saturated heterocycles. The summed E-state index contributed by atoms with van der Waals surface area (Å²) in [6.45, 7) is 12.6. The highest BCUT2D eigenvalue weighted by molar-refractivity contribution is 5.10. The molecule has 166 valence electrons. The van der Waals surface area contributed by atoms with Crippen molar-refractivity contribution in [2.45, 2.75) is 118 Å².